The van der Waals surface area contributed by atoms with Crippen molar-refractivity contribution in [1.29, 1.82) is 5.26 Å². The van der Waals surface area contributed by atoms with Gasteiger partial charge < -0.3 is 11.1 Å². The summed E-state index contributed by atoms with van der Waals surface area (Å²) >= 11 is 5.94. The lowest BCUT2D eigenvalue weighted by molar-refractivity contribution is 1.29. The normalized spacial score (nSPS) is 9.83. The first kappa shape index (κ1) is 12.2. The monoisotopic (exact) mass is 258 g/mol. The lowest BCUT2D eigenvalue weighted by Crippen LogP contribution is -2.02. The fourth-order valence-corrected chi connectivity index (χ4v) is 1.70. The minimum Gasteiger partial charge on any atom is -0.395 e. The van der Waals surface area contributed by atoms with E-state index in [0.29, 0.717) is 22.1 Å². The number of nitriles is 1. The second-order valence-electron chi connectivity index (χ2n) is 3.82. The molecule has 0 bridgehead atoms. The Morgan fingerprint density at radius 1 is 1.39 bits per heavy atom. The molecule has 0 aliphatic heterocycles. The summed E-state index contributed by atoms with van der Waals surface area (Å²) in [6.45, 7) is 1.95. The van der Waals surface area contributed by atoms with Crippen molar-refractivity contribution in [1.82, 2.24) is 4.98 Å². The van der Waals surface area contributed by atoms with E-state index in [9.17, 15) is 0 Å². The molecule has 1 aromatic carbocycles. The second-order valence-corrected chi connectivity index (χ2v) is 4.25. The molecule has 90 valence electrons. The van der Waals surface area contributed by atoms with Gasteiger partial charge >= 0.3 is 0 Å². The molecule has 0 saturated carbocycles. The molecule has 3 N–H and O–H groups in total. The molecule has 5 heteroatoms. The number of nitrogen functional groups attached to an aromatic ring is 1. The molecule has 18 heavy (non-hydrogen) atoms. The minimum atomic E-state index is 0.333. The van der Waals surface area contributed by atoms with Gasteiger partial charge in [0.05, 0.1) is 11.3 Å². The first-order valence-electron chi connectivity index (χ1n) is 5.29. The number of rotatable bonds is 2. The Morgan fingerprint density at radius 3 is 2.89 bits per heavy atom. The van der Waals surface area contributed by atoms with Gasteiger partial charge in [-0.15, -0.1) is 0 Å². The summed E-state index contributed by atoms with van der Waals surface area (Å²) in [4.78, 5) is 4.12. The Morgan fingerprint density at radius 2 is 2.17 bits per heavy atom. The van der Waals surface area contributed by atoms with Crippen LogP contribution in [0, 0.1) is 18.3 Å². The Bertz CT molecular complexity index is 631. The van der Waals surface area contributed by atoms with Gasteiger partial charge in [0.15, 0.2) is 5.82 Å². The molecule has 0 amide bonds. The average molecular weight is 259 g/mol. The van der Waals surface area contributed by atoms with Crippen LogP contribution in [0.4, 0.5) is 17.2 Å². The summed E-state index contributed by atoms with van der Waals surface area (Å²) in [5.74, 6) is 0.458. The van der Waals surface area contributed by atoms with E-state index < -0.39 is 0 Å². The number of nitrogens with two attached hydrogens (primary N) is 1. The summed E-state index contributed by atoms with van der Waals surface area (Å²) < 4.78 is 0. The number of aromatic nitrogens is 1. The Kier molecular flexibility index (Phi) is 3.35. The largest absolute Gasteiger partial charge is 0.395 e. The predicted octanol–water partition coefficient (Wildman–Crippen LogP) is 3.24. The number of hydrogen-bond donors (Lipinski definition) is 2. The Labute approximate surface area is 110 Å². The highest BCUT2D eigenvalue weighted by Gasteiger charge is 2.07. The summed E-state index contributed by atoms with van der Waals surface area (Å²) in [6, 6.07) is 9.09. The number of aryl methyl sites for hydroxylation is 1. The quantitative estimate of drug-likeness (QED) is 0.867. The second kappa shape index (κ2) is 4.94. The van der Waals surface area contributed by atoms with Crippen LogP contribution in [0.5, 0.6) is 0 Å². The lowest BCUT2D eigenvalue weighted by Gasteiger charge is -2.11. The number of benzene rings is 1. The summed E-state index contributed by atoms with van der Waals surface area (Å²) in [5, 5.41) is 12.6. The smallest absolute Gasteiger partial charge is 0.154 e. The number of anilines is 3. The van der Waals surface area contributed by atoms with Crippen molar-refractivity contribution in [2.75, 3.05) is 11.1 Å². The fourth-order valence-electron chi connectivity index (χ4n) is 1.53. The van der Waals surface area contributed by atoms with Crippen LogP contribution in [-0.2, 0) is 0 Å². The van der Waals surface area contributed by atoms with Crippen LogP contribution in [0.15, 0.2) is 30.5 Å². The van der Waals surface area contributed by atoms with E-state index in [1.807, 2.05) is 25.1 Å². The van der Waals surface area contributed by atoms with Crippen molar-refractivity contribution in [2.45, 2.75) is 6.92 Å². The third kappa shape index (κ3) is 2.36. The molecule has 0 aliphatic rings. The molecule has 2 aromatic rings. The van der Waals surface area contributed by atoms with Crippen LogP contribution in [0.2, 0.25) is 5.02 Å². The molecule has 1 aromatic heterocycles. The number of hydrogen-bond acceptors (Lipinski definition) is 4. The maximum atomic E-state index is 8.90. The van der Waals surface area contributed by atoms with Gasteiger partial charge in [-0.2, -0.15) is 5.26 Å². The summed E-state index contributed by atoms with van der Waals surface area (Å²) in [5.41, 5.74) is 8.41. The highest BCUT2D eigenvalue weighted by atomic mass is 35.5. The Hall–Kier alpha value is -2.25. The fraction of sp³-hybridized carbons (Fsp3) is 0.0769. The van der Waals surface area contributed by atoms with Crippen molar-refractivity contribution in [2.24, 2.45) is 0 Å². The van der Waals surface area contributed by atoms with Gasteiger partial charge in [0.2, 0.25) is 0 Å². The van der Waals surface area contributed by atoms with E-state index in [4.69, 9.17) is 22.6 Å². The number of nitrogens with zero attached hydrogens (tertiary/aromatic N) is 2. The third-order valence-electron chi connectivity index (χ3n) is 2.56. The van der Waals surface area contributed by atoms with E-state index in [1.165, 1.54) is 6.20 Å². The highest BCUT2D eigenvalue weighted by molar-refractivity contribution is 6.30. The average Bonchev–Trinajstić information content (AvgIpc) is 2.36. The first-order valence-corrected chi connectivity index (χ1v) is 5.67. The molecule has 0 spiro atoms. The predicted molar refractivity (Wildman–Crippen MR) is 72.8 cm³/mol. The van der Waals surface area contributed by atoms with Crippen molar-refractivity contribution in [3.63, 3.8) is 0 Å². The number of halogens is 1. The van der Waals surface area contributed by atoms with Crippen molar-refractivity contribution in [3.8, 4) is 6.07 Å². The van der Waals surface area contributed by atoms with Gasteiger partial charge in [-0.1, -0.05) is 17.7 Å². The van der Waals surface area contributed by atoms with Crippen molar-refractivity contribution in [3.05, 3.63) is 46.6 Å². The topological polar surface area (TPSA) is 74.7 Å². The number of pyridine rings is 1. The molecule has 0 unspecified atom stereocenters. The van der Waals surface area contributed by atoms with Gasteiger partial charge in [-0.05, 0) is 30.7 Å². The summed E-state index contributed by atoms with van der Waals surface area (Å²) in [6.07, 6.45) is 1.54. The molecular weight excluding hydrogens is 248 g/mol. The van der Waals surface area contributed by atoms with Gasteiger partial charge in [-0.25, -0.2) is 4.98 Å². The van der Waals surface area contributed by atoms with Crippen LogP contribution in [0.1, 0.15) is 11.1 Å². The maximum absolute atomic E-state index is 8.90. The van der Waals surface area contributed by atoms with E-state index in [0.717, 1.165) is 11.3 Å². The molecule has 0 atom stereocenters. The molecule has 0 saturated heterocycles. The van der Waals surface area contributed by atoms with E-state index in [2.05, 4.69) is 10.3 Å². The van der Waals surface area contributed by atoms with Gasteiger partial charge in [0.25, 0.3) is 0 Å². The van der Waals surface area contributed by atoms with Gasteiger partial charge in [0, 0.05) is 16.9 Å². The third-order valence-corrected chi connectivity index (χ3v) is 2.80. The van der Waals surface area contributed by atoms with Crippen LogP contribution in [0.3, 0.4) is 0 Å². The zero-order chi connectivity index (χ0) is 13.1. The molecule has 0 fully saturated rings. The van der Waals surface area contributed by atoms with Crippen LogP contribution in [0.25, 0.3) is 0 Å². The highest BCUT2D eigenvalue weighted by Crippen LogP contribution is 2.27. The van der Waals surface area contributed by atoms with E-state index >= 15 is 0 Å². The van der Waals surface area contributed by atoms with Crippen LogP contribution < -0.4 is 11.1 Å². The van der Waals surface area contributed by atoms with Crippen LogP contribution >= 0.6 is 11.6 Å². The standard InChI is InChI=1S/C13H11ClN4/c1-8-2-3-10(14)6-11(8)18-13-12(16)9(7-15)4-5-17-13/h2-6H,16H2,1H3,(H,17,18). The molecule has 1 heterocycles. The molecule has 0 radical (unpaired) electrons. The minimum absolute atomic E-state index is 0.333. The molecular formula is C13H11ClN4. The summed E-state index contributed by atoms with van der Waals surface area (Å²) in [7, 11) is 0. The van der Waals surface area contributed by atoms with Gasteiger partial charge in [-0.3, -0.25) is 0 Å². The molecule has 0 aliphatic carbocycles. The van der Waals surface area contributed by atoms with Crippen LogP contribution in [-0.4, -0.2) is 4.98 Å². The molecule has 2 rings (SSSR count). The lowest BCUT2D eigenvalue weighted by atomic mass is 10.2. The van der Waals surface area contributed by atoms with Crippen molar-refractivity contribution < 1.29 is 0 Å². The van der Waals surface area contributed by atoms with Crippen molar-refractivity contribution >= 4 is 28.8 Å². The Balaban J connectivity index is 2.41. The van der Waals surface area contributed by atoms with E-state index in [1.54, 1.807) is 12.1 Å². The first-order chi connectivity index (χ1) is 8.61. The number of nitrogens with one attached hydrogen (secondary N) is 1. The van der Waals surface area contributed by atoms with E-state index in [-0.39, 0.29) is 0 Å². The molecule has 4 nitrogen and oxygen atoms in total. The zero-order valence-corrected chi connectivity index (χ0v) is 10.5. The maximum Gasteiger partial charge on any atom is 0.154 e. The van der Waals surface area contributed by atoms with Gasteiger partial charge in [0.1, 0.15) is 6.07 Å². The zero-order valence-electron chi connectivity index (χ0n) is 9.74. The SMILES string of the molecule is Cc1ccc(Cl)cc1Nc1nccc(C#N)c1N.